The summed E-state index contributed by atoms with van der Waals surface area (Å²) in [5.41, 5.74) is 0. The fourth-order valence-corrected chi connectivity index (χ4v) is 2.58. The number of hydrogen-bond acceptors (Lipinski definition) is 1. The lowest BCUT2D eigenvalue weighted by molar-refractivity contribution is -0.136. The van der Waals surface area contributed by atoms with Gasteiger partial charge in [-0.25, -0.2) is 0 Å². The SMILES string of the molecule is CCCCCC=CCC=CCC=CCC=CCC=CCC=CCC=CCCC(=O)O. The van der Waals surface area contributed by atoms with Gasteiger partial charge in [0.05, 0.1) is 0 Å². The lowest BCUT2D eigenvalue weighted by atomic mass is 10.2. The lowest BCUT2D eigenvalue weighted by Crippen LogP contribution is -1.91. The number of aliphatic carboxylic acids is 1. The van der Waals surface area contributed by atoms with E-state index < -0.39 is 5.97 Å². The van der Waals surface area contributed by atoms with Crippen molar-refractivity contribution in [2.75, 3.05) is 0 Å². The Labute approximate surface area is 185 Å². The van der Waals surface area contributed by atoms with Crippen LogP contribution in [0.3, 0.4) is 0 Å². The molecule has 0 aromatic rings. The van der Waals surface area contributed by atoms with Gasteiger partial charge in [-0.3, -0.25) is 4.79 Å². The smallest absolute Gasteiger partial charge is 0.303 e. The van der Waals surface area contributed by atoms with Crippen molar-refractivity contribution in [2.24, 2.45) is 0 Å². The summed E-state index contributed by atoms with van der Waals surface area (Å²) >= 11 is 0. The third-order valence-corrected chi connectivity index (χ3v) is 4.30. The Kier molecular flexibility index (Phi) is 22.8. The third-order valence-electron chi connectivity index (χ3n) is 4.30. The number of unbranched alkanes of at least 4 members (excludes halogenated alkanes) is 3. The van der Waals surface area contributed by atoms with Crippen LogP contribution in [-0.4, -0.2) is 11.1 Å². The molecular weight excluding hydrogens is 368 g/mol. The lowest BCUT2D eigenvalue weighted by Gasteiger charge is -1.90. The van der Waals surface area contributed by atoms with E-state index in [1.54, 1.807) is 0 Å². The zero-order valence-corrected chi connectivity index (χ0v) is 18.9. The molecule has 0 aromatic heterocycles. The van der Waals surface area contributed by atoms with Crippen molar-refractivity contribution in [3.05, 3.63) is 85.1 Å². The van der Waals surface area contributed by atoms with Gasteiger partial charge in [0.1, 0.15) is 0 Å². The molecule has 0 fully saturated rings. The highest BCUT2D eigenvalue weighted by Gasteiger charge is 1.90. The number of rotatable bonds is 19. The topological polar surface area (TPSA) is 37.3 Å². The molecule has 0 atom stereocenters. The number of carbonyl (C=O) groups is 1. The second kappa shape index (κ2) is 24.7. The van der Waals surface area contributed by atoms with Crippen LogP contribution >= 0.6 is 0 Å². The molecule has 0 aliphatic rings. The molecule has 2 heteroatoms. The Bertz CT molecular complexity index is 586. The maximum atomic E-state index is 10.4. The molecule has 0 radical (unpaired) electrons. The molecule has 0 unspecified atom stereocenters. The Hall–Kier alpha value is -2.35. The average Bonchev–Trinajstić information content (AvgIpc) is 2.73. The van der Waals surface area contributed by atoms with Crippen molar-refractivity contribution < 1.29 is 9.90 Å². The quantitative estimate of drug-likeness (QED) is 0.171. The van der Waals surface area contributed by atoms with Gasteiger partial charge in [0.15, 0.2) is 0 Å². The minimum absolute atomic E-state index is 0.209. The Morgan fingerprint density at radius 3 is 1.20 bits per heavy atom. The minimum Gasteiger partial charge on any atom is -0.481 e. The van der Waals surface area contributed by atoms with E-state index in [0.29, 0.717) is 6.42 Å². The minimum atomic E-state index is -0.741. The van der Waals surface area contributed by atoms with Crippen molar-refractivity contribution in [1.82, 2.24) is 0 Å². The van der Waals surface area contributed by atoms with Crippen LogP contribution in [0.15, 0.2) is 85.1 Å². The molecule has 1 N–H and O–H groups in total. The second-order valence-corrected chi connectivity index (χ2v) is 7.14. The normalized spacial score (nSPS) is 13.1. The van der Waals surface area contributed by atoms with E-state index in [1.165, 1.54) is 25.7 Å². The van der Waals surface area contributed by atoms with Crippen LogP contribution in [0, 0.1) is 0 Å². The van der Waals surface area contributed by atoms with Gasteiger partial charge in [-0.1, -0.05) is 105 Å². The molecule has 0 heterocycles. The molecule has 0 aliphatic carbocycles. The summed E-state index contributed by atoms with van der Waals surface area (Å²) in [6.45, 7) is 2.24. The van der Waals surface area contributed by atoms with Crippen molar-refractivity contribution >= 4 is 5.97 Å². The first kappa shape index (κ1) is 27.6. The van der Waals surface area contributed by atoms with Crippen molar-refractivity contribution in [1.29, 1.82) is 0 Å². The molecule has 0 saturated carbocycles. The van der Waals surface area contributed by atoms with Crippen LogP contribution in [0.25, 0.3) is 0 Å². The predicted octanol–water partition coefficient (Wildman–Crippen LogP) is 8.67. The van der Waals surface area contributed by atoms with E-state index in [-0.39, 0.29) is 6.42 Å². The first-order valence-corrected chi connectivity index (χ1v) is 11.5. The fourth-order valence-electron chi connectivity index (χ4n) is 2.58. The summed E-state index contributed by atoms with van der Waals surface area (Å²) in [6.07, 6.45) is 42.3. The van der Waals surface area contributed by atoms with Crippen LogP contribution in [0.1, 0.15) is 84.0 Å². The van der Waals surface area contributed by atoms with Crippen LogP contribution in [0.4, 0.5) is 0 Å². The Morgan fingerprint density at radius 1 is 0.533 bits per heavy atom. The van der Waals surface area contributed by atoms with Gasteiger partial charge in [0.25, 0.3) is 0 Å². The molecule has 0 aromatic carbocycles. The molecule has 166 valence electrons. The van der Waals surface area contributed by atoms with Crippen LogP contribution in [0.2, 0.25) is 0 Å². The van der Waals surface area contributed by atoms with Gasteiger partial charge in [-0.2, -0.15) is 0 Å². The molecule has 0 amide bonds. The Balaban J connectivity index is 3.53. The number of hydrogen-bond donors (Lipinski definition) is 1. The standard InChI is InChI=1S/C28H42O2/c1-2-3-4-5-6-7-8-9-10-11-12-13-14-15-16-17-18-19-20-21-22-23-24-25-26-27-28(29)30/h6-7,9-10,12-13,15-16,18-19,21-22,24-25H,2-5,8,11,14,17,20,23,26-27H2,1H3,(H,29,30). The van der Waals surface area contributed by atoms with Gasteiger partial charge in [-0.15, -0.1) is 0 Å². The van der Waals surface area contributed by atoms with Crippen molar-refractivity contribution in [3.8, 4) is 0 Å². The maximum Gasteiger partial charge on any atom is 0.303 e. The van der Waals surface area contributed by atoms with Crippen LogP contribution in [0.5, 0.6) is 0 Å². The van der Waals surface area contributed by atoms with E-state index in [2.05, 4.69) is 79.8 Å². The molecule has 0 rings (SSSR count). The summed E-state index contributed by atoms with van der Waals surface area (Å²) in [4.78, 5) is 10.4. The zero-order chi connectivity index (χ0) is 22.0. The van der Waals surface area contributed by atoms with Gasteiger partial charge in [-0.05, 0) is 57.8 Å². The van der Waals surface area contributed by atoms with Crippen LogP contribution in [-0.2, 0) is 4.79 Å². The zero-order valence-electron chi connectivity index (χ0n) is 18.9. The highest BCUT2D eigenvalue weighted by molar-refractivity contribution is 5.66. The first-order valence-electron chi connectivity index (χ1n) is 11.5. The fraction of sp³-hybridized carbons (Fsp3) is 0.464. The molecule has 0 bridgehead atoms. The summed E-state index contributed by atoms with van der Waals surface area (Å²) < 4.78 is 0. The van der Waals surface area contributed by atoms with Gasteiger partial charge >= 0.3 is 5.97 Å². The number of carboxylic acid groups (broad SMARTS) is 1. The first-order chi connectivity index (χ1) is 14.8. The largest absolute Gasteiger partial charge is 0.481 e. The molecule has 2 nitrogen and oxygen atoms in total. The summed E-state index contributed by atoms with van der Waals surface area (Å²) in [5, 5.41) is 8.53. The van der Waals surface area contributed by atoms with E-state index in [1.807, 2.05) is 12.2 Å². The van der Waals surface area contributed by atoms with E-state index in [4.69, 9.17) is 5.11 Å². The maximum absolute atomic E-state index is 10.4. The highest BCUT2D eigenvalue weighted by Crippen LogP contribution is 2.01. The molecule has 30 heavy (non-hydrogen) atoms. The van der Waals surface area contributed by atoms with Gasteiger partial charge < -0.3 is 5.11 Å². The third kappa shape index (κ3) is 25.6. The second-order valence-electron chi connectivity index (χ2n) is 7.14. The Morgan fingerprint density at radius 2 is 0.867 bits per heavy atom. The average molecular weight is 411 g/mol. The molecule has 0 spiro atoms. The van der Waals surface area contributed by atoms with Gasteiger partial charge in [0.2, 0.25) is 0 Å². The van der Waals surface area contributed by atoms with E-state index in [9.17, 15) is 4.79 Å². The summed E-state index contributed by atoms with van der Waals surface area (Å²) in [7, 11) is 0. The van der Waals surface area contributed by atoms with Crippen molar-refractivity contribution in [2.45, 2.75) is 84.0 Å². The molecule has 0 aliphatic heterocycles. The summed E-state index contributed by atoms with van der Waals surface area (Å²) in [5.74, 6) is -0.741. The number of carboxylic acids is 1. The predicted molar refractivity (Wildman–Crippen MR) is 133 cm³/mol. The molecule has 0 saturated heterocycles. The monoisotopic (exact) mass is 410 g/mol. The summed E-state index contributed by atoms with van der Waals surface area (Å²) in [6, 6.07) is 0. The number of allylic oxidation sites excluding steroid dienone is 14. The highest BCUT2D eigenvalue weighted by atomic mass is 16.4. The van der Waals surface area contributed by atoms with Crippen molar-refractivity contribution in [3.63, 3.8) is 0 Å². The molecular formula is C28H42O2. The van der Waals surface area contributed by atoms with Gasteiger partial charge in [0, 0.05) is 6.42 Å². The van der Waals surface area contributed by atoms with E-state index >= 15 is 0 Å². The van der Waals surface area contributed by atoms with Crippen LogP contribution < -0.4 is 0 Å². The van der Waals surface area contributed by atoms with E-state index in [0.717, 1.165) is 38.5 Å².